The fraction of sp³-hybridized carbons (Fsp3) is 0.542. The van der Waals surface area contributed by atoms with Crippen LogP contribution in [0.3, 0.4) is 0 Å². The van der Waals surface area contributed by atoms with E-state index in [0.717, 1.165) is 42.7 Å². The lowest BCUT2D eigenvalue weighted by Gasteiger charge is -2.32. The van der Waals surface area contributed by atoms with Crippen molar-refractivity contribution < 1.29 is 19.0 Å². The highest BCUT2D eigenvalue weighted by Gasteiger charge is 2.54. The molecular weight excluding hydrogens is 450 g/mol. The molecule has 3 fully saturated rings. The molecule has 0 aromatic carbocycles. The summed E-state index contributed by atoms with van der Waals surface area (Å²) in [5.74, 6) is 1.71. The van der Waals surface area contributed by atoms with Gasteiger partial charge in [-0.1, -0.05) is 0 Å². The van der Waals surface area contributed by atoms with E-state index in [1.54, 1.807) is 19.4 Å². The summed E-state index contributed by atoms with van der Waals surface area (Å²) in [6.07, 6.45) is 3.63. The van der Waals surface area contributed by atoms with Crippen LogP contribution in [0.1, 0.15) is 34.9 Å². The molecule has 11 heteroatoms. The summed E-state index contributed by atoms with van der Waals surface area (Å²) in [5.41, 5.74) is 2.21. The van der Waals surface area contributed by atoms with Crippen LogP contribution in [0.25, 0.3) is 11.0 Å². The van der Waals surface area contributed by atoms with Crippen molar-refractivity contribution >= 4 is 22.8 Å². The quantitative estimate of drug-likeness (QED) is 0.462. The van der Waals surface area contributed by atoms with Crippen LogP contribution in [0, 0.1) is 11.8 Å². The number of fused-ring (bicyclic) bond motifs is 2. The van der Waals surface area contributed by atoms with Gasteiger partial charge in [0, 0.05) is 67.3 Å². The Hall–Kier alpha value is -3.31. The third-order valence-electron chi connectivity index (χ3n) is 7.28. The third kappa shape index (κ3) is 4.41. The Bertz CT molecular complexity index is 1200. The second-order valence-electron chi connectivity index (χ2n) is 9.37. The largest absolute Gasteiger partial charge is 0.461 e. The number of amides is 1. The fourth-order valence-corrected chi connectivity index (χ4v) is 5.23. The molecule has 0 spiro atoms. The first kappa shape index (κ1) is 22.2. The van der Waals surface area contributed by atoms with Gasteiger partial charge in [0.25, 0.3) is 5.91 Å². The van der Waals surface area contributed by atoms with E-state index in [9.17, 15) is 4.79 Å². The van der Waals surface area contributed by atoms with Gasteiger partial charge in [0.05, 0.1) is 19.8 Å². The first-order chi connectivity index (χ1) is 17.2. The number of hydrogen-bond acceptors (Lipinski definition) is 9. The topological polar surface area (TPSA) is 127 Å². The van der Waals surface area contributed by atoms with Gasteiger partial charge in [-0.25, -0.2) is 4.98 Å². The molecule has 184 valence electrons. The number of piperidine rings is 1. The highest BCUT2D eigenvalue weighted by molar-refractivity contribution is 5.93. The highest BCUT2D eigenvalue weighted by atomic mass is 16.5. The number of aromatic amines is 1. The zero-order valence-corrected chi connectivity index (χ0v) is 19.6. The molecule has 0 radical (unpaired) electrons. The minimum atomic E-state index is -0.198. The van der Waals surface area contributed by atoms with Crippen molar-refractivity contribution in [1.82, 2.24) is 30.5 Å². The maximum Gasteiger partial charge on any atom is 0.319 e. The highest BCUT2D eigenvalue weighted by Crippen LogP contribution is 2.44. The molecule has 3 aromatic heterocycles. The van der Waals surface area contributed by atoms with Gasteiger partial charge in [-0.2, -0.15) is 15.1 Å². The normalized spacial score (nSPS) is 23.9. The lowest BCUT2D eigenvalue weighted by Crippen LogP contribution is -2.35. The van der Waals surface area contributed by atoms with E-state index in [4.69, 9.17) is 14.2 Å². The number of pyridine rings is 1. The summed E-state index contributed by atoms with van der Waals surface area (Å²) in [5, 5.41) is 11.7. The number of nitrogens with zero attached hydrogens (tertiary/aromatic N) is 5. The number of carbonyl (C=O) groups is 1. The predicted octanol–water partition coefficient (Wildman–Crippen LogP) is 1.53. The molecule has 5 heterocycles. The molecule has 11 nitrogen and oxygen atoms in total. The molecule has 1 amide bonds. The van der Waals surface area contributed by atoms with Crippen LogP contribution in [-0.2, 0) is 9.47 Å². The number of methoxy groups -OCH3 is 1. The first-order valence-electron chi connectivity index (χ1n) is 12.1. The van der Waals surface area contributed by atoms with Crippen LogP contribution < -0.4 is 15.0 Å². The Morgan fingerprint density at radius 1 is 1.23 bits per heavy atom. The molecule has 2 unspecified atom stereocenters. The molecule has 0 bridgehead atoms. The van der Waals surface area contributed by atoms with Gasteiger partial charge in [0.2, 0.25) is 0 Å². The fourth-order valence-electron chi connectivity index (χ4n) is 5.23. The van der Waals surface area contributed by atoms with Gasteiger partial charge < -0.3 is 24.4 Å². The maximum absolute atomic E-state index is 13.0. The molecule has 1 saturated carbocycles. The summed E-state index contributed by atoms with van der Waals surface area (Å²) in [7, 11) is 1.61. The maximum atomic E-state index is 13.0. The van der Waals surface area contributed by atoms with Crippen LogP contribution in [0.4, 0.5) is 5.82 Å². The number of nitrogens with one attached hydrogen (secondary N) is 2. The van der Waals surface area contributed by atoms with Gasteiger partial charge in [-0.15, -0.1) is 0 Å². The Morgan fingerprint density at radius 3 is 2.86 bits per heavy atom. The summed E-state index contributed by atoms with van der Waals surface area (Å²) in [4.78, 5) is 28.5. The molecule has 3 aromatic rings. The standard InChI is InChI=1S/C24H29N7O4/c1-33-9-10-35-24-26-18(23(32)28-21-16-12-34-13-17(16)21)11-19(27-24)31-7-4-14(5-8-31)20-15-3-2-6-25-22(15)30-29-20/h2-3,6,11,14,16-17,21H,4-5,7-10,12-13H2,1H3,(H,28,32)(H,25,29,30). The Balaban J connectivity index is 1.17. The third-order valence-corrected chi connectivity index (χ3v) is 7.28. The predicted molar refractivity (Wildman–Crippen MR) is 127 cm³/mol. The molecule has 2 aliphatic heterocycles. The molecule has 2 saturated heterocycles. The number of ether oxygens (including phenoxy) is 3. The average Bonchev–Trinajstić information content (AvgIpc) is 3.24. The second kappa shape index (κ2) is 9.38. The zero-order chi connectivity index (χ0) is 23.8. The second-order valence-corrected chi connectivity index (χ2v) is 9.37. The van der Waals surface area contributed by atoms with Crippen LogP contribution in [0.2, 0.25) is 0 Å². The van der Waals surface area contributed by atoms with E-state index < -0.39 is 0 Å². The van der Waals surface area contributed by atoms with Crippen LogP contribution >= 0.6 is 0 Å². The lowest BCUT2D eigenvalue weighted by atomic mass is 9.92. The van der Waals surface area contributed by atoms with E-state index in [1.165, 1.54) is 0 Å². The van der Waals surface area contributed by atoms with Crippen LogP contribution in [0.15, 0.2) is 24.4 Å². The van der Waals surface area contributed by atoms with Gasteiger partial charge in [-0.3, -0.25) is 9.89 Å². The summed E-state index contributed by atoms with van der Waals surface area (Å²) >= 11 is 0. The van der Waals surface area contributed by atoms with Gasteiger partial charge >= 0.3 is 6.01 Å². The molecule has 6 rings (SSSR count). The minimum absolute atomic E-state index is 0.169. The SMILES string of the molecule is COCCOc1nc(C(=O)NC2C3COCC32)cc(N2CCC(c3[nH]nc4ncccc34)CC2)n1. The van der Waals surface area contributed by atoms with Crippen molar-refractivity contribution in [2.24, 2.45) is 11.8 Å². The number of H-pyrrole nitrogens is 1. The number of carbonyl (C=O) groups excluding carboxylic acids is 1. The van der Waals surface area contributed by atoms with Crippen molar-refractivity contribution in [2.45, 2.75) is 24.8 Å². The van der Waals surface area contributed by atoms with Crippen molar-refractivity contribution in [3.05, 3.63) is 35.8 Å². The summed E-state index contributed by atoms with van der Waals surface area (Å²) in [6.45, 7) is 3.75. The number of rotatable bonds is 8. The van der Waals surface area contributed by atoms with Crippen molar-refractivity contribution in [3.63, 3.8) is 0 Å². The van der Waals surface area contributed by atoms with Gasteiger partial charge in [-0.05, 0) is 25.0 Å². The van der Waals surface area contributed by atoms with Crippen molar-refractivity contribution in [3.8, 4) is 6.01 Å². The molecular formula is C24H29N7O4. The molecule has 2 atom stereocenters. The number of aromatic nitrogens is 5. The monoisotopic (exact) mass is 479 g/mol. The van der Waals surface area contributed by atoms with E-state index >= 15 is 0 Å². The van der Waals surface area contributed by atoms with Crippen LogP contribution in [0.5, 0.6) is 6.01 Å². The van der Waals surface area contributed by atoms with E-state index in [-0.39, 0.29) is 18.0 Å². The van der Waals surface area contributed by atoms with E-state index in [1.807, 2.05) is 6.07 Å². The minimum Gasteiger partial charge on any atom is -0.461 e. The van der Waals surface area contributed by atoms with Gasteiger partial charge in [0.1, 0.15) is 18.1 Å². The number of anilines is 1. The molecule has 1 aliphatic carbocycles. The molecule has 2 N–H and O–H groups in total. The zero-order valence-electron chi connectivity index (χ0n) is 19.6. The lowest BCUT2D eigenvalue weighted by molar-refractivity contribution is 0.0921. The van der Waals surface area contributed by atoms with Gasteiger partial charge in [0.15, 0.2) is 5.65 Å². The Morgan fingerprint density at radius 2 is 2.06 bits per heavy atom. The summed E-state index contributed by atoms with van der Waals surface area (Å²) in [6, 6.07) is 6.13. The molecule has 35 heavy (non-hydrogen) atoms. The summed E-state index contributed by atoms with van der Waals surface area (Å²) < 4.78 is 16.2. The van der Waals surface area contributed by atoms with Crippen LogP contribution in [-0.4, -0.2) is 83.7 Å². The smallest absolute Gasteiger partial charge is 0.319 e. The molecule has 3 aliphatic rings. The Labute approximate surface area is 202 Å². The van der Waals surface area contributed by atoms with Crippen molar-refractivity contribution in [2.75, 3.05) is 51.5 Å². The van der Waals surface area contributed by atoms with E-state index in [2.05, 4.69) is 41.4 Å². The van der Waals surface area contributed by atoms with Crippen molar-refractivity contribution in [1.29, 1.82) is 0 Å². The first-order valence-corrected chi connectivity index (χ1v) is 12.1. The van der Waals surface area contributed by atoms with E-state index in [0.29, 0.717) is 55.7 Å². The Kier molecular flexibility index (Phi) is 5.95. The number of hydrogen-bond donors (Lipinski definition) is 2. The average molecular weight is 480 g/mol.